The highest BCUT2D eigenvalue weighted by Gasteiger charge is 2.41. The van der Waals surface area contributed by atoms with Crippen LogP contribution in [0.1, 0.15) is 119 Å². The third kappa shape index (κ3) is 16.7. The van der Waals surface area contributed by atoms with Crippen LogP contribution in [0.3, 0.4) is 0 Å². The molecule has 1 fully saturated rings. The van der Waals surface area contributed by atoms with Gasteiger partial charge in [0.25, 0.3) is 0 Å². The largest absolute Gasteiger partial charge is 0.338 e. The highest BCUT2D eigenvalue weighted by molar-refractivity contribution is 5.74. The Bertz CT molecular complexity index is 672. The Hall–Kier alpha value is -1.54. The average molecular weight is 567 g/mol. The Labute approximate surface area is 247 Å². The van der Waals surface area contributed by atoms with E-state index in [4.69, 9.17) is 0 Å². The molecule has 0 aliphatic heterocycles. The lowest BCUT2D eigenvalue weighted by Crippen LogP contribution is -2.53. The van der Waals surface area contributed by atoms with Crippen LogP contribution >= 0.6 is 0 Å². The molecule has 1 aliphatic carbocycles. The Morgan fingerprint density at radius 3 is 1.55 bits per heavy atom. The number of hydrogen-bond acceptors (Lipinski definition) is 4. The van der Waals surface area contributed by atoms with Crippen molar-refractivity contribution in [2.24, 2.45) is 10.8 Å². The van der Waals surface area contributed by atoms with Gasteiger partial charge >= 0.3 is 12.1 Å². The molecule has 2 unspecified atom stereocenters. The molecule has 0 aromatic rings. The molecule has 0 radical (unpaired) electrons. The molecule has 0 heterocycles. The lowest BCUT2D eigenvalue weighted by atomic mass is 9.62. The highest BCUT2D eigenvalue weighted by Crippen LogP contribution is 2.45. The molecule has 2 atom stereocenters. The molecule has 0 aromatic carbocycles. The zero-order valence-corrected chi connectivity index (χ0v) is 27.4. The van der Waals surface area contributed by atoms with Gasteiger partial charge in [-0.3, -0.25) is 0 Å². The van der Waals surface area contributed by atoms with Gasteiger partial charge in [0.2, 0.25) is 0 Å². The number of hydrogen-bond donors (Lipinski definition) is 4. The minimum Gasteiger partial charge on any atom is -0.338 e. The van der Waals surface area contributed by atoms with Crippen LogP contribution < -0.4 is 21.3 Å². The minimum atomic E-state index is -0.0894. The lowest BCUT2D eigenvalue weighted by Gasteiger charge is -2.46. The molecule has 0 bridgehead atoms. The summed E-state index contributed by atoms with van der Waals surface area (Å²) in [6.07, 6.45) is 12.4. The molecule has 1 aliphatic rings. The fraction of sp³-hybridized carbons (Fsp3) is 0.938. The maximum atomic E-state index is 12.8. The molecule has 4 amide bonds. The van der Waals surface area contributed by atoms with Gasteiger partial charge in [-0.05, 0) is 82.0 Å². The van der Waals surface area contributed by atoms with E-state index in [9.17, 15) is 9.59 Å². The Morgan fingerprint density at radius 2 is 1.10 bits per heavy atom. The van der Waals surface area contributed by atoms with Crippen LogP contribution in [0.5, 0.6) is 0 Å². The van der Waals surface area contributed by atoms with Crippen LogP contribution in [0.2, 0.25) is 0 Å². The van der Waals surface area contributed by atoms with Crippen molar-refractivity contribution >= 4 is 12.1 Å². The number of rotatable bonds is 21. The van der Waals surface area contributed by atoms with Crippen LogP contribution in [-0.2, 0) is 0 Å². The Morgan fingerprint density at radius 1 is 0.650 bits per heavy atom. The summed E-state index contributed by atoms with van der Waals surface area (Å²) in [5.41, 5.74) is 0.0295. The normalized spacial score (nSPS) is 20.5. The fourth-order valence-electron chi connectivity index (χ4n) is 6.32. The second kappa shape index (κ2) is 20.4. The van der Waals surface area contributed by atoms with E-state index < -0.39 is 0 Å². The first kappa shape index (κ1) is 36.5. The van der Waals surface area contributed by atoms with Crippen molar-refractivity contribution in [3.8, 4) is 0 Å². The van der Waals surface area contributed by atoms with E-state index in [2.05, 4.69) is 79.5 Å². The first-order chi connectivity index (χ1) is 19.1. The van der Waals surface area contributed by atoms with Gasteiger partial charge in [-0.15, -0.1) is 0 Å². The summed E-state index contributed by atoms with van der Waals surface area (Å²) in [4.78, 5) is 30.4. The van der Waals surface area contributed by atoms with Crippen molar-refractivity contribution in [2.75, 3.05) is 58.9 Å². The minimum absolute atomic E-state index is 0.0670. The van der Waals surface area contributed by atoms with Gasteiger partial charge in [-0.25, -0.2) is 9.59 Å². The summed E-state index contributed by atoms with van der Waals surface area (Å²) in [7, 11) is 0. The summed E-state index contributed by atoms with van der Waals surface area (Å²) < 4.78 is 0. The molecule has 8 nitrogen and oxygen atoms in total. The predicted molar refractivity (Wildman–Crippen MR) is 170 cm³/mol. The molecule has 8 heteroatoms. The van der Waals surface area contributed by atoms with Crippen LogP contribution in [0.25, 0.3) is 0 Å². The lowest BCUT2D eigenvalue weighted by molar-refractivity contribution is 0.0748. The van der Waals surface area contributed by atoms with Gasteiger partial charge in [0, 0.05) is 38.8 Å². The number of carbonyl (C=O) groups is 2. The van der Waals surface area contributed by atoms with Gasteiger partial charge in [-0.2, -0.15) is 0 Å². The van der Waals surface area contributed by atoms with Crippen molar-refractivity contribution in [2.45, 2.75) is 125 Å². The third-order valence-corrected chi connectivity index (χ3v) is 8.19. The highest BCUT2D eigenvalue weighted by atomic mass is 16.2. The summed E-state index contributed by atoms with van der Waals surface area (Å²) in [6, 6.07) is -0.0635. The van der Waals surface area contributed by atoms with E-state index >= 15 is 0 Å². The van der Waals surface area contributed by atoms with E-state index in [-0.39, 0.29) is 28.9 Å². The molecular formula is C32H66N6O2. The van der Waals surface area contributed by atoms with E-state index in [1.165, 1.54) is 51.4 Å². The molecule has 40 heavy (non-hydrogen) atoms. The van der Waals surface area contributed by atoms with E-state index in [0.717, 1.165) is 58.5 Å². The van der Waals surface area contributed by atoms with Crippen LogP contribution in [0, 0.1) is 10.8 Å². The summed E-state index contributed by atoms with van der Waals surface area (Å²) in [5.74, 6) is 0. The van der Waals surface area contributed by atoms with E-state index in [1.54, 1.807) is 0 Å². The van der Waals surface area contributed by atoms with Gasteiger partial charge in [-0.1, -0.05) is 74.1 Å². The van der Waals surface area contributed by atoms with Crippen LogP contribution in [0.4, 0.5) is 9.59 Å². The monoisotopic (exact) mass is 567 g/mol. The predicted octanol–water partition coefficient (Wildman–Crippen LogP) is 5.97. The Kier molecular flexibility index (Phi) is 18.6. The maximum absolute atomic E-state index is 12.8. The first-order valence-electron chi connectivity index (χ1n) is 16.6. The van der Waals surface area contributed by atoms with Crippen molar-refractivity contribution in [1.82, 2.24) is 31.1 Å². The number of carbonyl (C=O) groups excluding carboxylic acids is 2. The molecule has 0 spiro atoms. The molecule has 236 valence electrons. The molecular weight excluding hydrogens is 500 g/mol. The number of amides is 4. The SMILES string of the molecule is CCCCN(CCCC)CCNC(=O)NCC1(C)CC(NC(=O)NCCN(CCCC)CCCC)CC(C)(C)C1. The van der Waals surface area contributed by atoms with Crippen molar-refractivity contribution in [3.63, 3.8) is 0 Å². The smallest absolute Gasteiger partial charge is 0.315 e. The quantitative estimate of drug-likeness (QED) is 0.138. The number of unbranched alkanes of at least 4 members (excludes halogenated alkanes) is 4. The molecule has 0 aromatic heterocycles. The second-order valence-electron chi connectivity index (χ2n) is 13.4. The zero-order chi connectivity index (χ0) is 29.9. The average Bonchev–Trinajstić information content (AvgIpc) is 2.88. The summed E-state index contributed by atoms with van der Waals surface area (Å²) in [6.45, 7) is 23.8. The van der Waals surface area contributed by atoms with Gasteiger partial charge < -0.3 is 31.1 Å². The van der Waals surface area contributed by atoms with Crippen molar-refractivity contribution in [3.05, 3.63) is 0 Å². The van der Waals surface area contributed by atoms with Gasteiger partial charge in [0.15, 0.2) is 0 Å². The number of nitrogens with zero attached hydrogens (tertiary/aromatic N) is 2. The maximum Gasteiger partial charge on any atom is 0.315 e. The van der Waals surface area contributed by atoms with E-state index in [0.29, 0.717) is 19.6 Å². The zero-order valence-electron chi connectivity index (χ0n) is 27.4. The third-order valence-electron chi connectivity index (χ3n) is 8.19. The number of nitrogens with one attached hydrogen (secondary N) is 4. The van der Waals surface area contributed by atoms with Gasteiger partial charge in [0.05, 0.1) is 0 Å². The van der Waals surface area contributed by atoms with Gasteiger partial charge in [0.1, 0.15) is 0 Å². The van der Waals surface area contributed by atoms with E-state index in [1.807, 2.05) is 0 Å². The second-order valence-corrected chi connectivity index (χ2v) is 13.4. The van der Waals surface area contributed by atoms with Crippen molar-refractivity contribution in [1.29, 1.82) is 0 Å². The Balaban J connectivity index is 2.50. The summed E-state index contributed by atoms with van der Waals surface area (Å²) in [5, 5.41) is 12.6. The topological polar surface area (TPSA) is 88.7 Å². The molecule has 1 rings (SSSR count). The van der Waals surface area contributed by atoms with Crippen LogP contribution in [-0.4, -0.2) is 86.8 Å². The molecule has 0 saturated heterocycles. The summed E-state index contributed by atoms with van der Waals surface area (Å²) >= 11 is 0. The fourth-order valence-corrected chi connectivity index (χ4v) is 6.32. The number of urea groups is 2. The standard InChI is InChI=1S/C32H66N6O2/c1-8-12-18-37(19-13-9-2)22-16-33-29(39)35-27-32(7)25-28(24-31(5,6)26-32)36-30(40)34-17-23-38(20-14-10-3)21-15-11-4/h28H,8-27H2,1-7H3,(H2,33,35,39)(H2,34,36,40). The first-order valence-corrected chi connectivity index (χ1v) is 16.6. The van der Waals surface area contributed by atoms with Crippen molar-refractivity contribution < 1.29 is 9.59 Å². The molecule has 4 N–H and O–H groups in total. The molecule has 1 saturated carbocycles. The van der Waals surface area contributed by atoms with Crippen LogP contribution in [0.15, 0.2) is 0 Å².